The number of aromatic nitrogens is 2. The first kappa shape index (κ1) is 17.9. The Bertz CT molecular complexity index is 1750. The molecule has 3 aromatic carbocycles. The van der Waals surface area contributed by atoms with Gasteiger partial charge < -0.3 is 18.4 Å². The average molecular weight is 438 g/mol. The van der Waals surface area contributed by atoms with Gasteiger partial charge in [-0.05, 0) is 47.6 Å². The highest BCUT2D eigenvalue weighted by Gasteiger charge is 2.56. The number of hydrogen-bond acceptors (Lipinski definition) is 3. The van der Waals surface area contributed by atoms with Gasteiger partial charge >= 0.3 is 6.75 Å². The lowest BCUT2D eigenvalue weighted by Gasteiger charge is -2.51. The molecule has 160 valence electrons. The van der Waals surface area contributed by atoms with E-state index in [1.807, 2.05) is 36.4 Å². The smallest absolute Gasteiger partial charge is 0.595 e. The molecule has 0 amide bonds. The minimum atomic E-state index is -2.02. The Balaban J connectivity index is 1.63. The fourth-order valence-corrected chi connectivity index (χ4v) is 5.93. The summed E-state index contributed by atoms with van der Waals surface area (Å²) in [4.78, 5) is 7.24. The molecule has 0 bridgehead atoms. The van der Waals surface area contributed by atoms with E-state index >= 15 is 0 Å². The van der Waals surface area contributed by atoms with E-state index in [4.69, 9.17) is 9.65 Å². The van der Waals surface area contributed by atoms with Crippen LogP contribution in [-0.4, -0.2) is 21.9 Å². The molecule has 3 aliphatic rings. The summed E-state index contributed by atoms with van der Waals surface area (Å²) in [5.74, 6) is 2.55. The van der Waals surface area contributed by atoms with E-state index in [1.54, 1.807) is 0 Å². The summed E-state index contributed by atoms with van der Waals surface area (Å²) < 4.78 is 11.9. The fraction of sp³-hybridized carbons (Fsp3) is 0. The average Bonchev–Trinajstić information content (AvgIpc) is 3.24. The topological polar surface area (TPSA) is 33.6 Å². The van der Waals surface area contributed by atoms with E-state index in [1.165, 1.54) is 21.9 Å². The van der Waals surface area contributed by atoms with Gasteiger partial charge in [0, 0.05) is 39.5 Å². The quantitative estimate of drug-likeness (QED) is 0.346. The number of aliphatic imine (C=N–C) groups is 1. The molecule has 1 atom stereocenters. The second-order valence-corrected chi connectivity index (χ2v) is 8.90. The van der Waals surface area contributed by atoms with Crippen LogP contribution in [0, 0.1) is 0 Å². The standard InChI is InChI=1S/C28H19BN4O/c1-2-10-20(11-3-1)34-29-31-19-7-6-17-26(31)30-27-18-9-16-25(32(27)29)23-14-8-13-22-21-12-4-5-15-24(21)33(29)28(22)23/h1-19H. The van der Waals surface area contributed by atoms with Crippen LogP contribution in [0.3, 0.4) is 0 Å². The third-order valence-electron chi connectivity index (χ3n) is 7.18. The molecule has 0 fully saturated rings. The molecule has 6 heteroatoms. The van der Waals surface area contributed by atoms with Crippen LogP contribution >= 0.6 is 0 Å². The third kappa shape index (κ3) is 2.06. The number of para-hydroxylation sites is 3. The molecule has 5 nitrogen and oxygen atoms in total. The molecule has 0 N–H and O–H groups in total. The van der Waals surface area contributed by atoms with Gasteiger partial charge in [0.1, 0.15) is 0 Å². The Kier molecular flexibility index (Phi) is 3.30. The number of allylic oxidation sites excluding steroid dienone is 2. The predicted octanol–water partition coefficient (Wildman–Crippen LogP) is 5.40. The molecule has 0 saturated carbocycles. The Morgan fingerprint density at radius 1 is 0.765 bits per heavy atom. The predicted molar refractivity (Wildman–Crippen MR) is 136 cm³/mol. The van der Waals surface area contributed by atoms with Gasteiger partial charge in [-0.2, -0.15) is 0 Å². The molecule has 1 unspecified atom stereocenters. The van der Waals surface area contributed by atoms with Crippen molar-refractivity contribution in [1.29, 1.82) is 0 Å². The molecule has 0 aliphatic carbocycles. The molecule has 8 rings (SSSR count). The number of benzene rings is 3. The Morgan fingerprint density at radius 3 is 2.53 bits per heavy atom. The van der Waals surface area contributed by atoms with Gasteiger partial charge in [-0.15, -0.1) is 0 Å². The van der Waals surface area contributed by atoms with Gasteiger partial charge in [-0.25, -0.2) is 0 Å². The molecular weight excluding hydrogens is 419 g/mol. The normalized spacial score (nSPS) is 19.2. The number of nitrogens with zero attached hydrogens (tertiary/aromatic N) is 4. The van der Waals surface area contributed by atoms with Crippen LogP contribution in [0.5, 0.6) is 5.75 Å². The zero-order valence-corrected chi connectivity index (χ0v) is 18.2. The monoisotopic (exact) mass is 438 g/mol. The van der Waals surface area contributed by atoms with Crippen LogP contribution in [0.25, 0.3) is 33.1 Å². The summed E-state index contributed by atoms with van der Waals surface area (Å²) in [5, 5.41) is 2.44. The van der Waals surface area contributed by atoms with Crippen LogP contribution in [-0.2, 0) is 0 Å². The van der Waals surface area contributed by atoms with Gasteiger partial charge in [0.05, 0.1) is 11.4 Å². The lowest BCUT2D eigenvalue weighted by Crippen LogP contribution is -2.84. The van der Waals surface area contributed by atoms with Crippen molar-refractivity contribution in [2.75, 3.05) is 0 Å². The molecule has 2 aromatic heterocycles. The molecule has 5 heterocycles. The fourth-order valence-electron chi connectivity index (χ4n) is 5.93. The van der Waals surface area contributed by atoms with Gasteiger partial charge in [0.15, 0.2) is 0 Å². The maximum atomic E-state index is 7.18. The second kappa shape index (κ2) is 6.26. The zero-order valence-electron chi connectivity index (χ0n) is 18.2. The van der Waals surface area contributed by atoms with Crippen LogP contribution in [0.2, 0.25) is 0 Å². The Morgan fingerprint density at radius 2 is 1.59 bits per heavy atom. The van der Waals surface area contributed by atoms with Gasteiger partial charge in [0.25, 0.3) is 5.82 Å². The van der Waals surface area contributed by atoms with Crippen molar-refractivity contribution in [2.24, 2.45) is 4.99 Å². The Labute approximate surface area is 196 Å². The van der Waals surface area contributed by atoms with Crippen LogP contribution in [0.1, 0.15) is 0 Å². The second-order valence-electron chi connectivity index (χ2n) is 8.90. The van der Waals surface area contributed by atoms with Crippen molar-refractivity contribution in [3.8, 4) is 17.0 Å². The minimum Gasteiger partial charge on any atom is -0.641 e. The van der Waals surface area contributed by atoms with Crippen molar-refractivity contribution in [3.05, 3.63) is 115 Å². The molecule has 0 spiro atoms. The van der Waals surface area contributed by atoms with E-state index in [0.717, 1.165) is 28.6 Å². The summed E-state index contributed by atoms with van der Waals surface area (Å²) in [5.41, 5.74) is 4.60. The van der Waals surface area contributed by atoms with E-state index in [0.29, 0.717) is 0 Å². The molecule has 3 aliphatic heterocycles. The van der Waals surface area contributed by atoms with Gasteiger partial charge in [-0.3, -0.25) is 0 Å². The first-order valence-electron chi connectivity index (χ1n) is 11.6. The SMILES string of the molecule is C1=CC2=Nc3cccc4[n+]3[B-](Oc3ccccc3)(N2C=C1)n1c2ccccc2c2cccc-4c21. The van der Waals surface area contributed by atoms with Crippen LogP contribution in [0.4, 0.5) is 5.82 Å². The summed E-state index contributed by atoms with van der Waals surface area (Å²) in [6.45, 7) is -2.02. The number of amidine groups is 1. The number of hydrogen-bond donors (Lipinski definition) is 0. The minimum absolute atomic E-state index is 0.810. The molecule has 34 heavy (non-hydrogen) atoms. The maximum absolute atomic E-state index is 7.18. The third-order valence-corrected chi connectivity index (χ3v) is 7.18. The highest BCUT2D eigenvalue weighted by atomic mass is 16.5. The summed E-state index contributed by atoms with van der Waals surface area (Å²) in [7, 11) is 0. The lowest BCUT2D eigenvalue weighted by atomic mass is 9.71. The highest BCUT2D eigenvalue weighted by Crippen LogP contribution is 2.43. The first-order chi connectivity index (χ1) is 16.9. The molecule has 0 radical (unpaired) electrons. The van der Waals surface area contributed by atoms with Crippen LogP contribution in [0.15, 0.2) is 120 Å². The first-order valence-corrected chi connectivity index (χ1v) is 11.6. The summed E-state index contributed by atoms with van der Waals surface area (Å²) in [6, 6.07) is 31.6. The van der Waals surface area contributed by atoms with E-state index in [-0.39, 0.29) is 0 Å². The van der Waals surface area contributed by atoms with E-state index < -0.39 is 6.75 Å². The zero-order chi connectivity index (χ0) is 22.3. The lowest BCUT2D eigenvalue weighted by molar-refractivity contribution is -0.545. The number of rotatable bonds is 2. The van der Waals surface area contributed by atoms with Crippen molar-refractivity contribution >= 4 is 40.2 Å². The molecule has 5 aromatic rings. The maximum Gasteiger partial charge on any atom is 0.595 e. The number of fused-ring (bicyclic) bond motifs is 7. The van der Waals surface area contributed by atoms with Gasteiger partial charge in [0.2, 0.25) is 5.84 Å². The highest BCUT2D eigenvalue weighted by molar-refractivity contribution is 6.68. The summed E-state index contributed by atoms with van der Waals surface area (Å²) >= 11 is 0. The Hall–Kier alpha value is -4.58. The molecular formula is C28H19BN4O. The largest absolute Gasteiger partial charge is 0.641 e. The number of pyridine rings is 1. The van der Waals surface area contributed by atoms with E-state index in [2.05, 4.69) is 92.8 Å². The van der Waals surface area contributed by atoms with Crippen LogP contribution < -0.4 is 9.13 Å². The van der Waals surface area contributed by atoms with E-state index in [9.17, 15) is 0 Å². The van der Waals surface area contributed by atoms with Crippen molar-refractivity contribution in [3.63, 3.8) is 0 Å². The van der Waals surface area contributed by atoms with Gasteiger partial charge in [-0.1, -0.05) is 60.7 Å². The van der Waals surface area contributed by atoms with Crippen molar-refractivity contribution < 1.29 is 9.13 Å². The molecule has 0 saturated heterocycles. The van der Waals surface area contributed by atoms with Crippen molar-refractivity contribution in [1.82, 2.24) is 9.29 Å². The summed E-state index contributed by atoms with van der Waals surface area (Å²) in [6.07, 6.45) is 8.22. The van der Waals surface area contributed by atoms with Crippen molar-refractivity contribution in [2.45, 2.75) is 0 Å².